The summed E-state index contributed by atoms with van der Waals surface area (Å²) in [5.41, 5.74) is 0.780. The molecule has 0 radical (unpaired) electrons. The summed E-state index contributed by atoms with van der Waals surface area (Å²) in [6, 6.07) is 0. The third-order valence-corrected chi connectivity index (χ3v) is 1.51. The molecule has 0 unspecified atom stereocenters. The van der Waals surface area contributed by atoms with Gasteiger partial charge in [-0.05, 0) is 20.3 Å². The maximum absolute atomic E-state index is 10.8. The molecule has 0 N–H and O–H groups in total. The van der Waals surface area contributed by atoms with Gasteiger partial charge in [-0.1, -0.05) is 6.92 Å². The molecule has 0 aliphatic heterocycles. The van der Waals surface area contributed by atoms with Gasteiger partial charge in [0.2, 0.25) is 0 Å². The topological polar surface area (TPSA) is 26.3 Å². The lowest BCUT2D eigenvalue weighted by atomic mass is 10.1. The van der Waals surface area contributed by atoms with Gasteiger partial charge in [0.25, 0.3) is 0 Å². The Morgan fingerprint density at radius 2 is 1.90 bits per heavy atom. The highest BCUT2D eigenvalue weighted by atomic mass is 16.5. The van der Waals surface area contributed by atoms with E-state index in [0.29, 0.717) is 0 Å². The van der Waals surface area contributed by atoms with Crippen LogP contribution in [0.2, 0.25) is 0 Å². The van der Waals surface area contributed by atoms with Gasteiger partial charge >= 0.3 is 0 Å². The summed E-state index contributed by atoms with van der Waals surface area (Å²) in [5.74, 6) is 0.830. The fourth-order valence-electron chi connectivity index (χ4n) is 0.869. The number of carbonyl (C=O) groups excluding carboxylic acids is 1. The third-order valence-electron chi connectivity index (χ3n) is 1.51. The van der Waals surface area contributed by atoms with Crippen molar-refractivity contribution in [3.63, 3.8) is 0 Å². The van der Waals surface area contributed by atoms with Crippen LogP contribution >= 0.6 is 0 Å². The Hall–Kier alpha value is -0.790. The Morgan fingerprint density at radius 1 is 1.40 bits per heavy atom. The van der Waals surface area contributed by atoms with Gasteiger partial charge in [0, 0.05) is 5.57 Å². The number of allylic oxidation sites excluding steroid dienone is 2. The molecule has 0 aromatic heterocycles. The minimum Gasteiger partial charge on any atom is -0.501 e. The fraction of sp³-hybridized carbons (Fsp3) is 0.625. The monoisotopic (exact) mass is 142 g/mol. The number of hydrogen-bond donors (Lipinski definition) is 0. The first-order valence-electron chi connectivity index (χ1n) is 3.38. The summed E-state index contributed by atoms with van der Waals surface area (Å²) >= 11 is 0. The Morgan fingerprint density at radius 3 is 2.00 bits per heavy atom. The highest BCUT2D eigenvalue weighted by Crippen LogP contribution is 2.09. The van der Waals surface area contributed by atoms with Crippen LogP contribution in [0.15, 0.2) is 11.3 Å². The summed E-state index contributed by atoms with van der Waals surface area (Å²) < 4.78 is 4.92. The molecule has 0 rings (SSSR count). The molecule has 0 heterocycles. The summed E-state index contributed by atoms with van der Waals surface area (Å²) in [5, 5.41) is 0. The largest absolute Gasteiger partial charge is 0.501 e. The van der Waals surface area contributed by atoms with Gasteiger partial charge in [-0.15, -0.1) is 0 Å². The van der Waals surface area contributed by atoms with Gasteiger partial charge in [0.15, 0.2) is 5.78 Å². The molecular weight excluding hydrogens is 128 g/mol. The predicted octanol–water partition coefficient (Wildman–Crippen LogP) is 1.91. The summed E-state index contributed by atoms with van der Waals surface area (Å²) in [6.45, 7) is 5.31. The van der Waals surface area contributed by atoms with E-state index >= 15 is 0 Å². The second kappa shape index (κ2) is 4.09. The molecule has 0 spiro atoms. The van der Waals surface area contributed by atoms with Gasteiger partial charge in [-0.2, -0.15) is 0 Å². The number of hydrogen-bond acceptors (Lipinski definition) is 2. The summed E-state index contributed by atoms with van der Waals surface area (Å²) in [7, 11) is 1.58. The highest BCUT2D eigenvalue weighted by Gasteiger charge is 2.04. The zero-order valence-corrected chi connectivity index (χ0v) is 7.02. The Labute approximate surface area is 61.9 Å². The van der Waals surface area contributed by atoms with E-state index in [-0.39, 0.29) is 5.78 Å². The van der Waals surface area contributed by atoms with Crippen molar-refractivity contribution in [2.75, 3.05) is 7.11 Å². The van der Waals surface area contributed by atoms with Crippen molar-refractivity contribution < 1.29 is 9.53 Å². The van der Waals surface area contributed by atoms with Crippen molar-refractivity contribution in [2.24, 2.45) is 0 Å². The zero-order valence-electron chi connectivity index (χ0n) is 7.02. The maximum Gasteiger partial charge on any atom is 0.159 e. The van der Waals surface area contributed by atoms with Crippen LogP contribution < -0.4 is 0 Å². The smallest absolute Gasteiger partial charge is 0.159 e. The van der Waals surface area contributed by atoms with Crippen LogP contribution in [0.3, 0.4) is 0 Å². The van der Waals surface area contributed by atoms with Crippen LogP contribution in [0.4, 0.5) is 0 Å². The maximum atomic E-state index is 10.8. The Balaban J connectivity index is 4.45. The van der Waals surface area contributed by atoms with Gasteiger partial charge in [-0.3, -0.25) is 4.79 Å². The molecule has 0 fully saturated rings. The SMILES string of the molecule is CC/C(C(C)=O)=C(/C)OC. The number of ether oxygens (including phenoxy) is 1. The molecule has 0 saturated carbocycles. The van der Waals surface area contributed by atoms with E-state index in [1.165, 1.54) is 0 Å². The zero-order chi connectivity index (χ0) is 8.15. The molecule has 0 bridgehead atoms. The van der Waals surface area contributed by atoms with Crippen molar-refractivity contribution in [1.82, 2.24) is 0 Å². The fourth-order valence-corrected chi connectivity index (χ4v) is 0.869. The van der Waals surface area contributed by atoms with Crippen LogP contribution in [0.25, 0.3) is 0 Å². The predicted molar refractivity (Wildman–Crippen MR) is 40.7 cm³/mol. The highest BCUT2D eigenvalue weighted by molar-refractivity contribution is 5.93. The van der Waals surface area contributed by atoms with E-state index in [2.05, 4.69) is 0 Å². The quantitative estimate of drug-likeness (QED) is 0.444. The molecule has 2 heteroatoms. The molecule has 0 aliphatic carbocycles. The van der Waals surface area contributed by atoms with Gasteiger partial charge in [0.1, 0.15) is 0 Å². The molecule has 58 valence electrons. The summed E-state index contributed by atoms with van der Waals surface area (Å²) in [4.78, 5) is 10.8. The molecule has 2 nitrogen and oxygen atoms in total. The van der Waals surface area contributed by atoms with Crippen molar-refractivity contribution in [2.45, 2.75) is 27.2 Å². The Bertz CT molecular complexity index is 157. The molecule has 0 amide bonds. The minimum absolute atomic E-state index is 0.0989. The number of carbonyl (C=O) groups is 1. The van der Waals surface area contributed by atoms with Crippen LogP contribution in [-0.2, 0) is 9.53 Å². The van der Waals surface area contributed by atoms with Gasteiger partial charge in [-0.25, -0.2) is 0 Å². The standard InChI is InChI=1S/C8H14O2/c1-5-8(6(2)9)7(3)10-4/h5H2,1-4H3/b8-7+. The first kappa shape index (κ1) is 9.21. The molecule has 0 aliphatic rings. The second-order valence-corrected chi connectivity index (χ2v) is 2.15. The lowest BCUT2D eigenvalue weighted by Crippen LogP contribution is -1.99. The average Bonchev–Trinajstić information content (AvgIpc) is 1.88. The van der Waals surface area contributed by atoms with E-state index in [0.717, 1.165) is 17.8 Å². The van der Waals surface area contributed by atoms with Crippen molar-refractivity contribution in [3.05, 3.63) is 11.3 Å². The molecule has 0 aromatic rings. The van der Waals surface area contributed by atoms with Crippen molar-refractivity contribution >= 4 is 5.78 Å². The first-order valence-corrected chi connectivity index (χ1v) is 3.38. The Kier molecular flexibility index (Phi) is 3.77. The lowest BCUT2D eigenvalue weighted by molar-refractivity contribution is -0.113. The van der Waals surface area contributed by atoms with Crippen LogP contribution in [-0.4, -0.2) is 12.9 Å². The van der Waals surface area contributed by atoms with Crippen LogP contribution in [0.1, 0.15) is 27.2 Å². The summed E-state index contributed by atoms with van der Waals surface area (Å²) in [6.07, 6.45) is 0.745. The second-order valence-electron chi connectivity index (χ2n) is 2.15. The van der Waals surface area contributed by atoms with E-state index in [1.807, 2.05) is 6.92 Å². The molecule has 0 saturated heterocycles. The van der Waals surface area contributed by atoms with Crippen molar-refractivity contribution in [1.29, 1.82) is 0 Å². The average molecular weight is 142 g/mol. The molecule has 10 heavy (non-hydrogen) atoms. The third kappa shape index (κ3) is 2.21. The first-order chi connectivity index (χ1) is 4.63. The molecule has 0 atom stereocenters. The number of ketones is 1. The number of methoxy groups -OCH3 is 1. The lowest BCUT2D eigenvalue weighted by Gasteiger charge is -2.04. The number of Topliss-reactive ketones (excluding diaryl/α,β-unsaturated/α-hetero) is 1. The van der Waals surface area contributed by atoms with Crippen molar-refractivity contribution in [3.8, 4) is 0 Å². The van der Waals surface area contributed by atoms with E-state index < -0.39 is 0 Å². The number of rotatable bonds is 3. The van der Waals surface area contributed by atoms with E-state index in [9.17, 15) is 4.79 Å². The molecular formula is C8H14O2. The van der Waals surface area contributed by atoms with E-state index in [1.54, 1.807) is 21.0 Å². The van der Waals surface area contributed by atoms with Gasteiger partial charge in [0.05, 0.1) is 12.9 Å². The molecule has 0 aromatic carbocycles. The van der Waals surface area contributed by atoms with Gasteiger partial charge < -0.3 is 4.74 Å². The normalized spacial score (nSPS) is 12.4. The van der Waals surface area contributed by atoms with Crippen LogP contribution in [0.5, 0.6) is 0 Å². The van der Waals surface area contributed by atoms with Crippen LogP contribution in [0, 0.1) is 0 Å². The van der Waals surface area contributed by atoms with E-state index in [4.69, 9.17) is 4.74 Å². The minimum atomic E-state index is 0.0989.